The predicted molar refractivity (Wildman–Crippen MR) is 123 cm³/mol. The molecule has 4 rings (SSSR count). The molecule has 0 radical (unpaired) electrons. The third kappa shape index (κ3) is 4.27. The lowest BCUT2D eigenvalue weighted by atomic mass is 10.2. The zero-order chi connectivity index (χ0) is 22.7. The van der Waals surface area contributed by atoms with Gasteiger partial charge in [0.05, 0.1) is 12.1 Å². The standard InChI is InChI=1S/C24H22FN3O3S/c1-2-26(14-17-8-4-3-5-9-17)21(29)16-27-20-12-13-32-22(20)23(30)28(24(27)31)15-18-10-6-7-11-19(18)25/h3-13H,2,14-16H2,1H3. The van der Waals surface area contributed by atoms with E-state index >= 15 is 0 Å². The lowest BCUT2D eigenvalue weighted by molar-refractivity contribution is -0.132. The van der Waals surface area contributed by atoms with Crippen molar-refractivity contribution in [2.45, 2.75) is 26.6 Å². The van der Waals surface area contributed by atoms with Crippen LogP contribution in [-0.2, 0) is 24.4 Å². The van der Waals surface area contributed by atoms with Crippen molar-refractivity contribution in [2.24, 2.45) is 0 Å². The largest absolute Gasteiger partial charge is 0.337 e. The van der Waals surface area contributed by atoms with Crippen LogP contribution in [0.3, 0.4) is 0 Å². The first-order valence-electron chi connectivity index (χ1n) is 10.3. The molecule has 4 aromatic rings. The average Bonchev–Trinajstić information content (AvgIpc) is 3.29. The number of benzene rings is 2. The van der Waals surface area contributed by atoms with Gasteiger partial charge in [-0.1, -0.05) is 48.5 Å². The van der Waals surface area contributed by atoms with Crippen LogP contribution in [0.1, 0.15) is 18.1 Å². The maximum absolute atomic E-state index is 14.2. The molecule has 2 heterocycles. The van der Waals surface area contributed by atoms with Gasteiger partial charge in [0.15, 0.2) is 0 Å². The number of carbonyl (C=O) groups excluding carboxylic acids is 1. The van der Waals surface area contributed by atoms with Gasteiger partial charge in [-0.3, -0.25) is 18.7 Å². The molecule has 0 aliphatic heterocycles. The van der Waals surface area contributed by atoms with Crippen LogP contribution >= 0.6 is 11.3 Å². The lowest BCUT2D eigenvalue weighted by Crippen LogP contribution is -2.43. The van der Waals surface area contributed by atoms with Crippen molar-refractivity contribution in [3.63, 3.8) is 0 Å². The third-order valence-corrected chi connectivity index (χ3v) is 6.26. The molecule has 164 valence electrons. The Kier molecular flexibility index (Phi) is 6.32. The second kappa shape index (κ2) is 9.32. The minimum atomic E-state index is -0.631. The molecule has 0 aliphatic rings. The molecule has 0 atom stereocenters. The second-order valence-electron chi connectivity index (χ2n) is 7.38. The third-order valence-electron chi connectivity index (χ3n) is 5.37. The molecule has 2 aromatic carbocycles. The number of rotatable bonds is 7. The molecule has 0 saturated carbocycles. The number of amides is 1. The summed E-state index contributed by atoms with van der Waals surface area (Å²) in [6, 6.07) is 17.3. The van der Waals surface area contributed by atoms with Crippen molar-refractivity contribution in [3.8, 4) is 0 Å². The van der Waals surface area contributed by atoms with Crippen LogP contribution in [0.15, 0.2) is 75.6 Å². The normalized spacial score (nSPS) is 11.1. The summed E-state index contributed by atoms with van der Waals surface area (Å²) < 4.78 is 16.8. The maximum atomic E-state index is 14.2. The molecule has 0 fully saturated rings. The Morgan fingerprint density at radius 1 is 1.00 bits per heavy atom. The Morgan fingerprint density at radius 3 is 2.44 bits per heavy atom. The van der Waals surface area contributed by atoms with Gasteiger partial charge in [-0.05, 0) is 30.0 Å². The van der Waals surface area contributed by atoms with Crippen molar-refractivity contribution in [1.82, 2.24) is 14.0 Å². The zero-order valence-electron chi connectivity index (χ0n) is 17.5. The highest BCUT2D eigenvalue weighted by molar-refractivity contribution is 7.17. The summed E-state index contributed by atoms with van der Waals surface area (Å²) in [6.07, 6.45) is 0. The number of aromatic nitrogens is 2. The van der Waals surface area contributed by atoms with Crippen LogP contribution < -0.4 is 11.2 Å². The van der Waals surface area contributed by atoms with E-state index in [0.717, 1.165) is 10.1 Å². The van der Waals surface area contributed by atoms with Crippen molar-refractivity contribution in [1.29, 1.82) is 0 Å². The smallest absolute Gasteiger partial charge is 0.332 e. The fourth-order valence-electron chi connectivity index (χ4n) is 3.64. The molecule has 0 saturated heterocycles. The molecule has 0 N–H and O–H groups in total. The number of carbonyl (C=O) groups is 1. The Balaban J connectivity index is 1.71. The quantitative estimate of drug-likeness (QED) is 0.432. The minimum Gasteiger partial charge on any atom is -0.337 e. The number of likely N-dealkylation sites (N-methyl/N-ethyl adjacent to an activating group) is 1. The molecule has 1 amide bonds. The minimum absolute atomic E-state index is 0.201. The SMILES string of the molecule is CCN(Cc1ccccc1)C(=O)Cn1c(=O)n(Cc2ccccc2F)c(=O)c2sccc21. The first-order chi connectivity index (χ1) is 15.5. The Morgan fingerprint density at radius 2 is 1.72 bits per heavy atom. The van der Waals surface area contributed by atoms with Gasteiger partial charge in [-0.2, -0.15) is 0 Å². The van der Waals surface area contributed by atoms with Gasteiger partial charge in [0.1, 0.15) is 17.1 Å². The Labute approximate surface area is 187 Å². The van der Waals surface area contributed by atoms with Crippen molar-refractivity contribution in [3.05, 3.63) is 104 Å². The lowest BCUT2D eigenvalue weighted by Gasteiger charge is -2.22. The van der Waals surface area contributed by atoms with E-state index in [0.29, 0.717) is 23.3 Å². The van der Waals surface area contributed by atoms with Crippen molar-refractivity contribution in [2.75, 3.05) is 6.54 Å². The van der Waals surface area contributed by atoms with Crippen molar-refractivity contribution < 1.29 is 9.18 Å². The number of hydrogen-bond acceptors (Lipinski definition) is 4. The van der Waals surface area contributed by atoms with Gasteiger partial charge in [0, 0.05) is 18.7 Å². The molecular weight excluding hydrogens is 429 g/mol. The van der Waals surface area contributed by atoms with Gasteiger partial charge < -0.3 is 4.90 Å². The van der Waals surface area contributed by atoms with Crippen molar-refractivity contribution >= 4 is 27.5 Å². The van der Waals surface area contributed by atoms with Crippen LogP contribution in [0.25, 0.3) is 10.2 Å². The number of fused-ring (bicyclic) bond motifs is 1. The summed E-state index contributed by atoms with van der Waals surface area (Å²) in [5.74, 6) is -0.727. The van der Waals surface area contributed by atoms with Gasteiger partial charge in [0.2, 0.25) is 5.91 Å². The molecule has 2 aromatic heterocycles. The van der Waals surface area contributed by atoms with Crippen LogP contribution in [0.5, 0.6) is 0 Å². The highest BCUT2D eigenvalue weighted by Crippen LogP contribution is 2.16. The van der Waals surface area contributed by atoms with E-state index < -0.39 is 17.1 Å². The van der Waals surface area contributed by atoms with E-state index in [1.54, 1.807) is 28.5 Å². The highest BCUT2D eigenvalue weighted by Gasteiger charge is 2.20. The topological polar surface area (TPSA) is 64.3 Å². The summed E-state index contributed by atoms with van der Waals surface area (Å²) in [6.45, 7) is 2.37. The number of halogens is 1. The second-order valence-corrected chi connectivity index (χ2v) is 8.30. The molecule has 8 heteroatoms. The van der Waals surface area contributed by atoms with E-state index in [-0.39, 0.29) is 24.6 Å². The zero-order valence-corrected chi connectivity index (χ0v) is 18.3. The van der Waals surface area contributed by atoms with Crippen LogP contribution in [0.2, 0.25) is 0 Å². The summed E-state index contributed by atoms with van der Waals surface area (Å²) >= 11 is 1.20. The summed E-state index contributed by atoms with van der Waals surface area (Å²) in [7, 11) is 0. The van der Waals surface area contributed by atoms with E-state index in [2.05, 4.69) is 0 Å². The van der Waals surface area contributed by atoms with Crippen LogP contribution in [0, 0.1) is 5.82 Å². The van der Waals surface area contributed by atoms with Gasteiger partial charge in [0.25, 0.3) is 5.56 Å². The molecule has 32 heavy (non-hydrogen) atoms. The van der Waals surface area contributed by atoms with Crippen LogP contribution in [-0.4, -0.2) is 26.5 Å². The summed E-state index contributed by atoms with van der Waals surface area (Å²) in [4.78, 5) is 41.0. The number of nitrogens with zero attached hydrogens (tertiary/aromatic N) is 3. The summed E-state index contributed by atoms with van der Waals surface area (Å²) in [5, 5.41) is 1.71. The molecule has 0 bridgehead atoms. The van der Waals surface area contributed by atoms with E-state index in [4.69, 9.17) is 0 Å². The number of hydrogen-bond donors (Lipinski definition) is 0. The van der Waals surface area contributed by atoms with E-state index in [9.17, 15) is 18.8 Å². The molecule has 6 nitrogen and oxygen atoms in total. The molecule has 0 spiro atoms. The first kappa shape index (κ1) is 21.7. The van der Waals surface area contributed by atoms with Gasteiger partial charge in [-0.25, -0.2) is 9.18 Å². The monoisotopic (exact) mass is 451 g/mol. The van der Waals surface area contributed by atoms with E-state index in [1.165, 1.54) is 28.0 Å². The maximum Gasteiger partial charge on any atom is 0.332 e. The first-order valence-corrected chi connectivity index (χ1v) is 11.1. The summed E-state index contributed by atoms with van der Waals surface area (Å²) in [5.41, 5.74) is 0.524. The fraction of sp³-hybridized carbons (Fsp3) is 0.208. The van der Waals surface area contributed by atoms with Crippen LogP contribution in [0.4, 0.5) is 4.39 Å². The number of thiophene rings is 1. The Bertz CT molecular complexity index is 1370. The van der Waals surface area contributed by atoms with Gasteiger partial charge in [-0.15, -0.1) is 11.3 Å². The molecule has 0 unspecified atom stereocenters. The van der Waals surface area contributed by atoms with E-state index in [1.807, 2.05) is 37.3 Å². The highest BCUT2D eigenvalue weighted by atomic mass is 32.1. The predicted octanol–water partition coefficient (Wildman–Crippen LogP) is 3.46. The molecular formula is C24H22FN3O3S. The average molecular weight is 452 g/mol. The molecule has 0 aliphatic carbocycles. The Hall–Kier alpha value is -3.52. The fourth-order valence-corrected chi connectivity index (χ4v) is 4.48. The van der Waals surface area contributed by atoms with Gasteiger partial charge >= 0.3 is 5.69 Å².